The van der Waals surface area contributed by atoms with E-state index in [1.807, 2.05) is 24.3 Å². The molecule has 0 atom stereocenters. The van der Waals surface area contributed by atoms with Gasteiger partial charge >= 0.3 is 0 Å². The molecule has 1 saturated carbocycles. The summed E-state index contributed by atoms with van der Waals surface area (Å²) in [6.45, 7) is 0. The largest absolute Gasteiger partial charge is 0.397 e. The third-order valence-corrected chi connectivity index (χ3v) is 6.77. The van der Waals surface area contributed by atoms with Crippen molar-refractivity contribution in [3.8, 4) is 16.9 Å². The lowest BCUT2D eigenvalue weighted by Gasteiger charge is -2.12. The SMILES string of the molecule is Nc1cnc2cc(-c3ccnc(-n4ccnn4)c3)c(Nc3nnc(C4CCCC4)s3)nc2c1. The number of nitrogens with two attached hydrogens (primary N) is 1. The molecule has 3 N–H and O–H groups in total. The number of nitrogens with zero attached hydrogens (tertiary/aromatic N) is 8. The number of aromatic nitrogens is 8. The summed E-state index contributed by atoms with van der Waals surface area (Å²) in [5, 5.41) is 21.9. The molecular formula is C22H20N10S. The summed E-state index contributed by atoms with van der Waals surface area (Å²) < 4.78 is 1.61. The number of hydrogen-bond acceptors (Lipinski definition) is 10. The summed E-state index contributed by atoms with van der Waals surface area (Å²) in [5.74, 6) is 1.82. The van der Waals surface area contributed by atoms with Gasteiger partial charge in [-0.15, -0.1) is 15.3 Å². The van der Waals surface area contributed by atoms with E-state index in [1.165, 1.54) is 25.7 Å². The predicted octanol–water partition coefficient (Wildman–Crippen LogP) is 4.11. The zero-order valence-corrected chi connectivity index (χ0v) is 18.4. The van der Waals surface area contributed by atoms with Crippen LogP contribution in [0.25, 0.3) is 28.0 Å². The van der Waals surface area contributed by atoms with Crippen molar-refractivity contribution >= 4 is 39.0 Å². The third kappa shape index (κ3) is 3.87. The first kappa shape index (κ1) is 19.7. The summed E-state index contributed by atoms with van der Waals surface area (Å²) >= 11 is 1.59. The number of rotatable bonds is 5. The highest BCUT2D eigenvalue weighted by molar-refractivity contribution is 7.15. The van der Waals surface area contributed by atoms with E-state index in [4.69, 9.17) is 10.7 Å². The third-order valence-electron chi connectivity index (χ3n) is 5.77. The quantitative estimate of drug-likeness (QED) is 0.401. The molecule has 5 aromatic heterocycles. The van der Waals surface area contributed by atoms with Crippen LogP contribution < -0.4 is 11.1 Å². The Bertz CT molecular complexity index is 1420. The Morgan fingerprint density at radius 2 is 1.94 bits per heavy atom. The second kappa shape index (κ2) is 8.17. The molecule has 5 heterocycles. The van der Waals surface area contributed by atoms with E-state index in [1.54, 1.807) is 40.8 Å². The summed E-state index contributed by atoms with van der Waals surface area (Å²) in [5.41, 5.74) is 9.73. The second-order valence-electron chi connectivity index (χ2n) is 7.99. The molecule has 164 valence electrons. The molecule has 5 aromatic rings. The minimum atomic E-state index is 0.511. The van der Waals surface area contributed by atoms with Crippen molar-refractivity contribution in [2.24, 2.45) is 0 Å². The minimum absolute atomic E-state index is 0.511. The number of fused-ring (bicyclic) bond motifs is 1. The number of pyridine rings is 3. The van der Waals surface area contributed by atoms with Crippen molar-refractivity contribution in [1.29, 1.82) is 0 Å². The van der Waals surface area contributed by atoms with E-state index >= 15 is 0 Å². The Labute approximate surface area is 192 Å². The van der Waals surface area contributed by atoms with Gasteiger partial charge < -0.3 is 11.1 Å². The van der Waals surface area contributed by atoms with E-state index in [-0.39, 0.29) is 0 Å². The Balaban J connectivity index is 1.43. The zero-order valence-electron chi connectivity index (χ0n) is 17.6. The smallest absolute Gasteiger partial charge is 0.211 e. The fraction of sp³-hybridized carbons (Fsp3) is 0.227. The molecule has 0 radical (unpaired) electrons. The summed E-state index contributed by atoms with van der Waals surface area (Å²) in [7, 11) is 0. The van der Waals surface area contributed by atoms with Crippen LogP contribution in [0.15, 0.2) is 49.1 Å². The molecule has 1 fully saturated rings. The number of nitrogens with one attached hydrogen (secondary N) is 1. The first-order chi connectivity index (χ1) is 16.2. The van der Waals surface area contributed by atoms with Crippen LogP contribution in [0.1, 0.15) is 36.6 Å². The average Bonchev–Trinajstić information content (AvgIpc) is 3.61. The first-order valence-electron chi connectivity index (χ1n) is 10.7. The molecule has 11 heteroatoms. The van der Waals surface area contributed by atoms with Crippen LogP contribution in [0.2, 0.25) is 0 Å². The monoisotopic (exact) mass is 456 g/mol. The molecule has 0 bridgehead atoms. The molecular weight excluding hydrogens is 436 g/mol. The number of nitrogen functional groups attached to an aromatic ring is 1. The predicted molar refractivity (Wildman–Crippen MR) is 126 cm³/mol. The summed E-state index contributed by atoms with van der Waals surface area (Å²) in [6.07, 6.45) is 11.6. The van der Waals surface area contributed by atoms with Crippen LogP contribution in [0.4, 0.5) is 16.6 Å². The van der Waals surface area contributed by atoms with Gasteiger partial charge in [-0.05, 0) is 42.7 Å². The second-order valence-corrected chi connectivity index (χ2v) is 9.00. The Hall–Kier alpha value is -3.99. The van der Waals surface area contributed by atoms with Crippen molar-refractivity contribution in [2.75, 3.05) is 11.1 Å². The first-order valence-corrected chi connectivity index (χ1v) is 11.5. The summed E-state index contributed by atoms with van der Waals surface area (Å²) in [6, 6.07) is 7.66. The molecule has 10 nitrogen and oxygen atoms in total. The van der Waals surface area contributed by atoms with Gasteiger partial charge in [-0.25, -0.2) is 14.6 Å². The Morgan fingerprint density at radius 3 is 2.79 bits per heavy atom. The molecule has 1 aliphatic carbocycles. The molecule has 1 aliphatic rings. The van der Waals surface area contributed by atoms with Crippen LogP contribution in [0, 0.1) is 0 Å². The van der Waals surface area contributed by atoms with Crippen LogP contribution in [-0.2, 0) is 0 Å². The topological polar surface area (TPSA) is 133 Å². The average molecular weight is 457 g/mol. The van der Waals surface area contributed by atoms with Crippen LogP contribution in [-0.4, -0.2) is 40.1 Å². The van der Waals surface area contributed by atoms with Crippen LogP contribution in [0.5, 0.6) is 0 Å². The van der Waals surface area contributed by atoms with Gasteiger partial charge in [0.2, 0.25) is 5.13 Å². The molecule has 0 saturated heterocycles. The highest BCUT2D eigenvalue weighted by Gasteiger charge is 2.22. The highest BCUT2D eigenvalue weighted by Crippen LogP contribution is 2.38. The van der Waals surface area contributed by atoms with Crippen molar-refractivity contribution in [2.45, 2.75) is 31.6 Å². The van der Waals surface area contributed by atoms with Crippen LogP contribution in [0.3, 0.4) is 0 Å². The van der Waals surface area contributed by atoms with Crippen LogP contribution >= 0.6 is 11.3 Å². The van der Waals surface area contributed by atoms with E-state index < -0.39 is 0 Å². The minimum Gasteiger partial charge on any atom is -0.397 e. The van der Waals surface area contributed by atoms with Crippen molar-refractivity contribution < 1.29 is 0 Å². The van der Waals surface area contributed by atoms with Gasteiger partial charge in [0, 0.05) is 17.7 Å². The molecule has 0 amide bonds. The van der Waals surface area contributed by atoms with E-state index in [0.717, 1.165) is 21.7 Å². The van der Waals surface area contributed by atoms with Crippen molar-refractivity contribution in [3.63, 3.8) is 0 Å². The van der Waals surface area contributed by atoms with Gasteiger partial charge in [-0.2, -0.15) is 0 Å². The lowest BCUT2D eigenvalue weighted by Crippen LogP contribution is -2.01. The van der Waals surface area contributed by atoms with E-state index in [2.05, 4.69) is 35.8 Å². The Kier molecular flexibility index (Phi) is 4.87. The van der Waals surface area contributed by atoms with Crippen molar-refractivity contribution in [3.05, 3.63) is 54.1 Å². The number of hydrogen-bond donors (Lipinski definition) is 2. The molecule has 0 unspecified atom stereocenters. The van der Waals surface area contributed by atoms with Gasteiger partial charge in [-0.1, -0.05) is 29.4 Å². The highest BCUT2D eigenvalue weighted by atomic mass is 32.1. The Morgan fingerprint density at radius 1 is 1.03 bits per heavy atom. The molecule has 0 aromatic carbocycles. The van der Waals surface area contributed by atoms with Gasteiger partial charge in [0.25, 0.3) is 0 Å². The van der Waals surface area contributed by atoms with E-state index in [0.29, 0.717) is 33.9 Å². The maximum Gasteiger partial charge on any atom is 0.211 e. The van der Waals surface area contributed by atoms with Gasteiger partial charge in [-0.3, -0.25) is 4.98 Å². The number of anilines is 3. The fourth-order valence-corrected chi connectivity index (χ4v) is 5.06. The van der Waals surface area contributed by atoms with Gasteiger partial charge in [0.05, 0.1) is 35.3 Å². The zero-order chi connectivity index (χ0) is 22.2. The van der Waals surface area contributed by atoms with Crippen molar-refractivity contribution in [1.82, 2.24) is 40.1 Å². The fourth-order valence-electron chi connectivity index (χ4n) is 4.15. The van der Waals surface area contributed by atoms with E-state index in [9.17, 15) is 0 Å². The van der Waals surface area contributed by atoms with Gasteiger partial charge in [0.1, 0.15) is 10.8 Å². The lowest BCUT2D eigenvalue weighted by molar-refractivity contribution is 0.705. The molecule has 0 spiro atoms. The molecule has 0 aliphatic heterocycles. The molecule has 33 heavy (non-hydrogen) atoms. The summed E-state index contributed by atoms with van der Waals surface area (Å²) in [4.78, 5) is 13.7. The normalized spacial score (nSPS) is 14.2. The van der Waals surface area contributed by atoms with Gasteiger partial charge in [0.15, 0.2) is 5.82 Å². The molecule has 6 rings (SSSR count). The standard InChI is InChI=1S/C22H20N10S/c23-15-10-18-17(25-12-15)11-16(14-5-6-24-19(9-14)32-8-7-26-31-32)20(27-18)28-22-30-29-21(33-22)13-3-1-2-4-13/h5-13H,1-4,23H2,(H,27,28,30). The lowest BCUT2D eigenvalue weighted by atomic mass is 10.1. The maximum atomic E-state index is 5.96. The maximum absolute atomic E-state index is 5.96.